The van der Waals surface area contributed by atoms with Gasteiger partial charge < -0.3 is 5.32 Å². The third-order valence-electron chi connectivity index (χ3n) is 4.15. The van der Waals surface area contributed by atoms with E-state index in [2.05, 4.69) is 26.2 Å². The molecule has 6 nitrogen and oxygen atoms in total. The Hall–Kier alpha value is -1.29. The van der Waals surface area contributed by atoms with E-state index in [1.165, 1.54) is 21.9 Å². The predicted molar refractivity (Wildman–Crippen MR) is 103 cm³/mol. The van der Waals surface area contributed by atoms with E-state index in [1.54, 1.807) is 0 Å². The lowest BCUT2D eigenvalue weighted by Gasteiger charge is -2.29. The first-order chi connectivity index (χ1) is 11.8. The van der Waals surface area contributed by atoms with Crippen molar-refractivity contribution in [3.8, 4) is 11.3 Å². The zero-order chi connectivity index (χ0) is 18.0. The number of sulfonamides is 1. The van der Waals surface area contributed by atoms with Crippen molar-refractivity contribution in [1.82, 2.24) is 9.29 Å². The number of carbonyl (C=O) groups excluding carboxylic acids is 1. The van der Waals surface area contributed by atoms with Crippen molar-refractivity contribution in [3.05, 3.63) is 34.1 Å². The van der Waals surface area contributed by atoms with Gasteiger partial charge in [-0.2, -0.15) is 0 Å². The van der Waals surface area contributed by atoms with Crippen molar-refractivity contribution in [2.45, 2.75) is 12.8 Å². The zero-order valence-electron chi connectivity index (χ0n) is 13.6. The van der Waals surface area contributed by atoms with Gasteiger partial charge in [0.15, 0.2) is 5.13 Å². The van der Waals surface area contributed by atoms with Crippen LogP contribution in [-0.2, 0) is 14.8 Å². The van der Waals surface area contributed by atoms with Gasteiger partial charge in [-0.1, -0.05) is 28.1 Å². The first-order valence-electron chi connectivity index (χ1n) is 7.80. The van der Waals surface area contributed by atoms with Gasteiger partial charge in [-0.3, -0.25) is 4.79 Å². The Morgan fingerprint density at radius 2 is 2.08 bits per heavy atom. The summed E-state index contributed by atoms with van der Waals surface area (Å²) in [5.41, 5.74) is 1.79. The first-order valence-corrected chi connectivity index (χ1v) is 11.3. The van der Waals surface area contributed by atoms with Gasteiger partial charge in [-0.05, 0) is 25.0 Å². The lowest BCUT2D eigenvalue weighted by molar-refractivity contribution is -0.120. The molecule has 0 atom stereocenters. The Labute approximate surface area is 159 Å². The van der Waals surface area contributed by atoms with E-state index in [-0.39, 0.29) is 11.8 Å². The molecule has 1 aromatic heterocycles. The molecule has 1 amide bonds. The molecule has 2 aromatic rings. The standard InChI is InChI=1S/C16H18BrN3O3S2/c1-25(22,23)20-7-5-11(6-8-20)15(21)19-16-18-14(10-24-16)12-3-2-4-13(17)9-12/h2-4,9-11H,5-8H2,1H3,(H,18,19,21). The molecule has 1 fully saturated rings. The van der Waals surface area contributed by atoms with Crippen LogP contribution in [0.3, 0.4) is 0 Å². The van der Waals surface area contributed by atoms with Gasteiger partial charge in [0.1, 0.15) is 0 Å². The van der Waals surface area contributed by atoms with Crippen LogP contribution in [0.1, 0.15) is 12.8 Å². The van der Waals surface area contributed by atoms with Crippen LogP contribution < -0.4 is 5.32 Å². The number of carbonyl (C=O) groups is 1. The second-order valence-corrected chi connectivity index (χ2v) is 9.73. The lowest BCUT2D eigenvalue weighted by atomic mass is 9.97. The van der Waals surface area contributed by atoms with Gasteiger partial charge in [0, 0.05) is 34.4 Å². The number of hydrogen-bond acceptors (Lipinski definition) is 5. The van der Waals surface area contributed by atoms with Crippen LogP contribution in [0, 0.1) is 5.92 Å². The van der Waals surface area contributed by atoms with Gasteiger partial charge in [0.25, 0.3) is 0 Å². The topological polar surface area (TPSA) is 79.4 Å². The Morgan fingerprint density at radius 1 is 1.36 bits per heavy atom. The smallest absolute Gasteiger partial charge is 0.229 e. The molecule has 25 heavy (non-hydrogen) atoms. The van der Waals surface area contributed by atoms with Crippen molar-refractivity contribution in [3.63, 3.8) is 0 Å². The SMILES string of the molecule is CS(=O)(=O)N1CCC(C(=O)Nc2nc(-c3cccc(Br)c3)cs2)CC1. The van der Waals surface area contributed by atoms with Crippen LogP contribution in [0.4, 0.5) is 5.13 Å². The quantitative estimate of drug-likeness (QED) is 0.786. The fraction of sp³-hybridized carbons (Fsp3) is 0.375. The monoisotopic (exact) mass is 443 g/mol. The van der Waals surface area contributed by atoms with Crippen molar-refractivity contribution in [2.24, 2.45) is 5.92 Å². The summed E-state index contributed by atoms with van der Waals surface area (Å²) < 4.78 is 25.5. The molecule has 0 spiro atoms. The molecule has 2 heterocycles. The molecule has 0 bridgehead atoms. The fourth-order valence-corrected chi connectivity index (χ4v) is 4.76. The number of thiazole rings is 1. The van der Waals surface area contributed by atoms with E-state index in [1.807, 2.05) is 29.6 Å². The molecule has 1 aromatic carbocycles. The van der Waals surface area contributed by atoms with E-state index in [0.29, 0.717) is 31.1 Å². The Balaban J connectivity index is 1.61. The van der Waals surface area contributed by atoms with E-state index in [4.69, 9.17) is 0 Å². The van der Waals surface area contributed by atoms with Gasteiger partial charge in [0.2, 0.25) is 15.9 Å². The van der Waals surface area contributed by atoms with E-state index in [9.17, 15) is 13.2 Å². The number of nitrogens with one attached hydrogen (secondary N) is 1. The molecule has 0 radical (unpaired) electrons. The minimum Gasteiger partial charge on any atom is -0.302 e. The van der Waals surface area contributed by atoms with E-state index >= 15 is 0 Å². The molecule has 1 N–H and O–H groups in total. The van der Waals surface area contributed by atoms with Crippen LogP contribution in [0.25, 0.3) is 11.3 Å². The summed E-state index contributed by atoms with van der Waals surface area (Å²) in [6.07, 6.45) is 2.26. The molecule has 134 valence electrons. The fourth-order valence-electron chi connectivity index (χ4n) is 2.77. The molecule has 0 saturated carbocycles. The minimum absolute atomic E-state index is 0.0942. The van der Waals surface area contributed by atoms with Crippen LogP contribution in [0.15, 0.2) is 34.1 Å². The third-order valence-corrected chi connectivity index (χ3v) is 6.70. The number of piperidine rings is 1. The highest BCUT2D eigenvalue weighted by Gasteiger charge is 2.29. The highest BCUT2D eigenvalue weighted by Crippen LogP contribution is 2.28. The molecule has 9 heteroatoms. The number of nitrogens with zero attached hydrogens (tertiary/aromatic N) is 2. The zero-order valence-corrected chi connectivity index (χ0v) is 16.8. The highest BCUT2D eigenvalue weighted by atomic mass is 79.9. The highest BCUT2D eigenvalue weighted by molar-refractivity contribution is 9.10. The van der Waals surface area contributed by atoms with Crippen LogP contribution in [0.5, 0.6) is 0 Å². The van der Waals surface area contributed by atoms with Crippen LogP contribution in [0.2, 0.25) is 0 Å². The van der Waals surface area contributed by atoms with Gasteiger partial charge >= 0.3 is 0 Å². The molecule has 0 aliphatic carbocycles. The van der Waals surface area contributed by atoms with Crippen LogP contribution >= 0.6 is 27.3 Å². The summed E-state index contributed by atoms with van der Waals surface area (Å²) in [5.74, 6) is -0.278. The summed E-state index contributed by atoms with van der Waals surface area (Å²) in [5, 5.41) is 5.33. The second-order valence-electron chi connectivity index (χ2n) is 5.97. The second kappa shape index (κ2) is 7.53. The van der Waals surface area contributed by atoms with Crippen molar-refractivity contribution >= 4 is 48.3 Å². The molecular formula is C16H18BrN3O3S2. The largest absolute Gasteiger partial charge is 0.302 e. The van der Waals surface area contributed by atoms with Gasteiger partial charge in [-0.25, -0.2) is 17.7 Å². The summed E-state index contributed by atoms with van der Waals surface area (Å²) in [6.45, 7) is 0.774. The van der Waals surface area contributed by atoms with Crippen molar-refractivity contribution < 1.29 is 13.2 Å². The molecule has 0 unspecified atom stereocenters. The Bertz CT molecular complexity index is 874. The third kappa shape index (κ3) is 4.66. The first kappa shape index (κ1) is 18.5. The number of benzene rings is 1. The Morgan fingerprint density at radius 3 is 2.72 bits per heavy atom. The number of amides is 1. The molecule has 3 rings (SSSR count). The van der Waals surface area contributed by atoms with Gasteiger partial charge in [-0.15, -0.1) is 11.3 Å². The van der Waals surface area contributed by atoms with E-state index < -0.39 is 10.0 Å². The maximum Gasteiger partial charge on any atom is 0.229 e. The maximum atomic E-state index is 12.4. The number of halogens is 1. The average Bonchev–Trinajstić information content (AvgIpc) is 3.03. The summed E-state index contributed by atoms with van der Waals surface area (Å²) >= 11 is 4.82. The lowest BCUT2D eigenvalue weighted by Crippen LogP contribution is -2.40. The van der Waals surface area contributed by atoms with Gasteiger partial charge in [0.05, 0.1) is 11.9 Å². The number of hydrogen-bond donors (Lipinski definition) is 1. The minimum atomic E-state index is -3.18. The average molecular weight is 444 g/mol. The van der Waals surface area contributed by atoms with Crippen molar-refractivity contribution in [2.75, 3.05) is 24.7 Å². The Kier molecular flexibility index (Phi) is 5.57. The molecule has 1 saturated heterocycles. The summed E-state index contributed by atoms with van der Waals surface area (Å²) in [6, 6.07) is 7.82. The molecular weight excluding hydrogens is 426 g/mol. The maximum absolute atomic E-state index is 12.4. The van der Waals surface area contributed by atoms with Crippen molar-refractivity contribution in [1.29, 1.82) is 0 Å². The normalized spacial score (nSPS) is 16.7. The van der Waals surface area contributed by atoms with Crippen LogP contribution in [-0.4, -0.2) is 43.0 Å². The van der Waals surface area contributed by atoms with E-state index in [0.717, 1.165) is 15.7 Å². The molecule has 1 aliphatic heterocycles. The summed E-state index contributed by atoms with van der Waals surface area (Å²) in [4.78, 5) is 16.9. The number of aromatic nitrogens is 1. The number of anilines is 1. The number of rotatable bonds is 4. The molecule has 1 aliphatic rings. The summed E-state index contributed by atoms with van der Waals surface area (Å²) in [7, 11) is -3.18. The predicted octanol–water partition coefficient (Wildman–Crippen LogP) is 3.18.